The van der Waals surface area contributed by atoms with Gasteiger partial charge < -0.3 is 10.1 Å². The van der Waals surface area contributed by atoms with Crippen LogP contribution in [0.5, 0.6) is 5.75 Å². The van der Waals surface area contributed by atoms with Crippen molar-refractivity contribution in [3.8, 4) is 17.0 Å². The summed E-state index contributed by atoms with van der Waals surface area (Å²) in [6.45, 7) is 3.87. The van der Waals surface area contributed by atoms with Gasteiger partial charge in [0.25, 0.3) is 0 Å². The van der Waals surface area contributed by atoms with Crippen LogP contribution in [-0.2, 0) is 4.79 Å². The van der Waals surface area contributed by atoms with Crippen molar-refractivity contribution in [2.75, 3.05) is 12.9 Å². The number of ether oxygens (including phenoxy) is 1. The van der Waals surface area contributed by atoms with Gasteiger partial charge in [0.2, 0.25) is 5.91 Å². The van der Waals surface area contributed by atoms with Crippen molar-refractivity contribution in [3.63, 3.8) is 0 Å². The molecule has 2 rings (SSSR count). The number of carbonyl (C=O) groups is 1. The molecule has 0 spiro atoms. The maximum Gasteiger partial charge on any atom is 0.230 e. The molecule has 1 heterocycles. The normalized spacial score (nSPS) is 10.5. The molecule has 0 bridgehead atoms. The third-order valence-electron chi connectivity index (χ3n) is 2.83. The lowest BCUT2D eigenvalue weighted by atomic mass is 10.1. The predicted octanol–water partition coefficient (Wildman–Crippen LogP) is 2.77. The van der Waals surface area contributed by atoms with E-state index in [1.807, 2.05) is 50.2 Å². The smallest absolute Gasteiger partial charge is 0.230 e. The molecule has 0 aliphatic rings. The molecule has 0 aliphatic carbocycles. The van der Waals surface area contributed by atoms with E-state index in [-0.39, 0.29) is 11.9 Å². The number of nitrogens with one attached hydrogen (secondary N) is 1. The summed E-state index contributed by atoms with van der Waals surface area (Å²) in [5, 5.41) is 11.9. The van der Waals surface area contributed by atoms with Crippen LogP contribution in [-0.4, -0.2) is 35.0 Å². The zero-order valence-electron chi connectivity index (χ0n) is 12.9. The second-order valence-corrected chi connectivity index (χ2v) is 5.99. The van der Waals surface area contributed by atoms with Crippen molar-refractivity contribution in [3.05, 3.63) is 36.4 Å². The zero-order chi connectivity index (χ0) is 15.9. The van der Waals surface area contributed by atoms with E-state index in [0.717, 1.165) is 22.0 Å². The fraction of sp³-hybridized carbons (Fsp3) is 0.312. The topological polar surface area (TPSA) is 64.1 Å². The van der Waals surface area contributed by atoms with E-state index in [1.54, 1.807) is 7.11 Å². The van der Waals surface area contributed by atoms with Gasteiger partial charge in [0.15, 0.2) is 0 Å². The number of benzene rings is 1. The number of rotatable bonds is 6. The molecular formula is C16H19N3O2S. The highest BCUT2D eigenvalue weighted by Crippen LogP contribution is 2.22. The minimum Gasteiger partial charge on any atom is -0.497 e. The number of amides is 1. The van der Waals surface area contributed by atoms with E-state index in [1.165, 1.54) is 11.8 Å². The molecule has 5 nitrogen and oxygen atoms in total. The Kier molecular flexibility index (Phi) is 5.77. The van der Waals surface area contributed by atoms with Gasteiger partial charge in [0.1, 0.15) is 10.8 Å². The van der Waals surface area contributed by atoms with E-state index < -0.39 is 0 Å². The van der Waals surface area contributed by atoms with Crippen molar-refractivity contribution in [1.82, 2.24) is 15.5 Å². The van der Waals surface area contributed by atoms with E-state index in [2.05, 4.69) is 15.5 Å². The number of carbonyl (C=O) groups excluding carboxylic acids is 1. The van der Waals surface area contributed by atoms with Gasteiger partial charge in [-0.15, -0.1) is 10.2 Å². The number of hydrogen-bond donors (Lipinski definition) is 1. The summed E-state index contributed by atoms with van der Waals surface area (Å²) in [6, 6.07) is 11.6. The molecule has 0 unspecified atom stereocenters. The van der Waals surface area contributed by atoms with E-state index in [0.29, 0.717) is 5.75 Å². The Labute approximate surface area is 134 Å². The number of nitrogens with zero attached hydrogens (tertiary/aromatic N) is 2. The Bertz CT molecular complexity index is 612. The number of methoxy groups -OCH3 is 1. The van der Waals surface area contributed by atoms with Crippen LogP contribution in [0.1, 0.15) is 13.8 Å². The van der Waals surface area contributed by atoms with Crippen LogP contribution in [0.3, 0.4) is 0 Å². The lowest BCUT2D eigenvalue weighted by Crippen LogP contribution is -2.31. The van der Waals surface area contributed by atoms with Crippen LogP contribution in [0.2, 0.25) is 0 Å². The minimum atomic E-state index is 0.000955. The largest absolute Gasteiger partial charge is 0.497 e. The van der Waals surface area contributed by atoms with Crippen LogP contribution in [0.4, 0.5) is 0 Å². The molecule has 1 N–H and O–H groups in total. The molecule has 0 atom stereocenters. The third kappa shape index (κ3) is 4.73. The second kappa shape index (κ2) is 7.79. The first-order valence-electron chi connectivity index (χ1n) is 6.99. The van der Waals surface area contributed by atoms with Crippen molar-refractivity contribution < 1.29 is 9.53 Å². The molecule has 1 amide bonds. The lowest BCUT2D eigenvalue weighted by molar-refractivity contribution is -0.119. The average Bonchev–Trinajstić information content (AvgIpc) is 2.53. The van der Waals surface area contributed by atoms with Crippen molar-refractivity contribution in [1.29, 1.82) is 0 Å². The maximum absolute atomic E-state index is 11.6. The first-order valence-corrected chi connectivity index (χ1v) is 7.97. The standard InChI is InChI=1S/C16H19N3O2S/c1-11(2)17-15(20)10-22-16-9-8-14(18-19-16)12-4-6-13(21-3)7-5-12/h4-9,11H,10H2,1-3H3,(H,17,20). The van der Waals surface area contributed by atoms with E-state index in [4.69, 9.17) is 4.74 Å². The van der Waals surface area contributed by atoms with Gasteiger partial charge in [-0.1, -0.05) is 11.8 Å². The van der Waals surface area contributed by atoms with Gasteiger partial charge in [-0.2, -0.15) is 0 Å². The Morgan fingerprint density at radius 1 is 1.18 bits per heavy atom. The molecule has 1 aromatic heterocycles. The maximum atomic E-state index is 11.6. The van der Waals surface area contributed by atoms with Gasteiger partial charge in [-0.25, -0.2) is 0 Å². The van der Waals surface area contributed by atoms with Crippen molar-refractivity contribution >= 4 is 17.7 Å². The Morgan fingerprint density at radius 2 is 1.91 bits per heavy atom. The number of hydrogen-bond acceptors (Lipinski definition) is 5. The van der Waals surface area contributed by atoms with Gasteiger partial charge in [-0.05, 0) is 50.2 Å². The van der Waals surface area contributed by atoms with Crippen LogP contribution < -0.4 is 10.1 Å². The first-order chi connectivity index (χ1) is 10.6. The molecular weight excluding hydrogens is 298 g/mol. The minimum absolute atomic E-state index is 0.000955. The van der Waals surface area contributed by atoms with Crippen LogP contribution in [0.25, 0.3) is 11.3 Å². The highest BCUT2D eigenvalue weighted by molar-refractivity contribution is 7.99. The third-order valence-corrected chi connectivity index (χ3v) is 3.75. The average molecular weight is 317 g/mol. The van der Waals surface area contributed by atoms with E-state index in [9.17, 15) is 4.79 Å². The highest BCUT2D eigenvalue weighted by Gasteiger charge is 2.06. The SMILES string of the molecule is COc1ccc(-c2ccc(SCC(=O)NC(C)C)nn2)cc1. The molecule has 0 saturated heterocycles. The Balaban J connectivity index is 1.96. The molecule has 22 heavy (non-hydrogen) atoms. The highest BCUT2D eigenvalue weighted by atomic mass is 32.2. The summed E-state index contributed by atoms with van der Waals surface area (Å²) in [5.74, 6) is 1.15. The summed E-state index contributed by atoms with van der Waals surface area (Å²) in [5.41, 5.74) is 1.76. The molecule has 0 aliphatic heterocycles. The molecule has 1 aromatic carbocycles. The summed E-state index contributed by atoms with van der Waals surface area (Å²) in [7, 11) is 1.64. The fourth-order valence-corrected chi connectivity index (χ4v) is 2.44. The Hall–Kier alpha value is -2.08. The van der Waals surface area contributed by atoms with E-state index >= 15 is 0 Å². The Morgan fingerprint density at radius 3 is 2.45 bits per heavy atom. The quantitative estimate of drug-likeness (QED) is 0.830. The molecule has 0 radical (unpaired) electrons. The summed E-state index contributed by atoms with van der Waals surface area (Å²) in [4.78, 5) is 11.6. The van der Waals surface area contributed by atoms with Crippen molar-refractivity contribution in [2.24, 2.45) is 0 Å². The van der Waals surface area contributed by atoms with Gasteiger partial charge in [0.05, 0.1) is 18.6 Å². The molecule has 0 saturated carbocycles. The number of thioether (sulfide) groups is 1. The number of aromatic nitrogens is 2. The van der Waals surface area contributed by atoms with Gasteiger partial charge >= 0.3 is 0 Å². The fourth-order valence-electron chi connectivity index (χ4n) is 1.82. The molecule has 0 fully saturated rings. The second-order valence-electron chi connectivity index (χ2n) is 5.00. The summed E-state index contributed by atoms with van der Waals surface area (Å²) in [6.07, 6.45) is 0. The zero-order valence-corrected chi connectivity index (χ0v) is 13.7. The van der Waals surface area contributed by atoms with Gasteiger partial charge in [0, 0.05) is 11.6 Å². The molecule has 116 valence electrons. The monoisotopic (exact) mass is 317 g/mol. The summed E-state index contributed by atoms with van der Waals surface area (Å²) >= 11 is 1.37. The summed E-state index contributed by atoms with van der Waals surface area (Å²) < 4.78 is 5.13. The van der Waals surface area contributed by atoms with Crippen LogP contribution in [0, 0.1) is 0 Å². The van der Waals surface area contributed by atoms with Crippen molar-refractivity contribution in [2.45, 2.75) is 24.9 Å². The van der Waals surface area contributed by atoms with Gasteiger partial charge in [-0.3, -0.25) is 4.79 Å². The molecule has 2 aromatic rings. The first kappa shape index (κ1) is 16.3. The lowest BCUT2D eigenvalue weighted by Gasteiger charge is -2.07. The van der Waals surface area contributed by atoms with Crippen LogP contribution in [0.15, 0.2) is 41.4 Å². The predicted molar refractivity (Wildman–Crippen MR) is 88.0 cm³/mol. The molecule has 6 heteroatoms. The van der Waals surface area contributed by atoms with Crippen LogP contribution >= 0.6 is 11.8 Å².